The number of aromatic nitrogens is 2. The topological polar surface area (TPSA) is 61.4 Å². The number of nitrogens with zero attached hydrogens (tertiary/aromatic N) is 4. The molecule has 30 heavy (non-hydrogen) atoms. The van der Waals surface area contributed by atoms with Crippen molar-refractivity contribution in [3.8, 4) is 0 Å². The molecular formula is C23H29N5OS. The second-order valence-electron chi connectivity index (χ2n) is 7.77. The fourth-order valence-corrected chi connectivity index (χ4v) is 5.01. The summed E-state index contributed by atoms with van der Waals surface area (Å²) in [7, 11) is 0. The zero-order valence-electron chi connectivity index (χ0n) is 17.9. The van der Waals surface area contributed by atoms with Crippen LogP contribution in [0.15, 0.2) is 36.5 Å². The highest BCUT2D eigenvalue weighted by Crippen LogP contribution is 2.31. The largest absolute Gasteiger partial charge is 0.372 e. The van der Waals surface area contributed by atoms with Crippen LogP contribution in [0.5, 0.6) is 0 Å². The van der Waals surface area contributed by atoms with Crippen LogP contribution in [-0.4, -0.2) is 42.1 Å². The highest BCUT2D eigenvalue weighted by Gasteiger charge is 2.28. The second-order valence-corrected chi connectivity index (χ2v) is 8.73. The number of anilines is 3. The number of amides is 1. The molecule has 1 aliphatic heterocycles. The molecule has 1 N–H and O–H groups in total. The van der Waals surface area contributed by atoms with Crippen LogP contribution in [0, 0.1) is 12.8 Å². The lowest BCUT2D eigenvalue weighted by atomic mass is 9.97. The van der Waals surface area contributed by atoms with Gasteiger partial charge in [-0.2, -0.15) is 0 Å². The fraction of sp³-hybridized carbons (Fsp3) is 0.435. The minimum absolute atomic E-state index is 0.0411. The minimum Gasteiger partial charge on any atom is -0.372 e. The number of benzene rings is 1. The molecule has 1 aliphatic rings. The van der Waals surface area contributed by atoms with E-state index in [2.05, 4.69) is 53.0 Å². The average molecular weight is 424 g/mol. The molecule has 7 heteroatoms. The van der Waals surface area contributed by atoms with Crippen molar-refractivity contribution < 1.29 is 4.79 Å². The van der Waals surface area contributed by atoms with Crippen LogP contribution in [0.3, 0.4) is 0 Å². The Morgan fingerprint density at radius 3 is 2.87 bits per heavy atom. The zero-order chi connectivity index (χ0) is 21.1. The van der Waals surface area contributed by atoms with E-state index in [1.54, 1.807) is 17.5 Å². The Bertz CT molecular complexity index is 996. The third-order valence-corrected chi connectivity index (χ3v) is 6.85. The Hall–Kier alpha value is -2.67. The highest BCUT2D eigenvalue weighted by atomic mass is 32.1. The molecule has 6 nitrogen and oxygen atoms in total. The summed E-state index contributed by atoms with van der Waals surface area (Å²) in [6.45, 7) is 9.95. The molecule has 2 aromatic heterocycles. The standard InChI is InChI=1S/C23H29N5OS/c1-4-27(5-2)18-10-11-19(16(3)14-18)25-21(29)17-8-7-13-28(15-17)23-26-20-9-6-12-24-22(20)30-23/h6,9-12,14,17H,4-5,7-8,13,15H2,1-3H3,(H,25,29)/t17-/m0/s1. The van der Waals surface area contributed by atoms with Gasteiger partial charge < -0.3 is 15.1 Å². The maximum atomic E-state index is 13.0. The zero-order valence-corrected chi connectivity index (χ0v) is 18.7. The molecule has 3 aromatic rings. The van der Waals surface area contributed by atoms with Crippen molar-refractivity contribution in [1.82, 2.24) is 9.97 Å². The summed E-state index contributed by atoms with van der Waals surface area (Å²) in [6, 6.07) is 10.2. The first-order chi connectivity index (χ1) is 14.6. The van der Waals surface area contributed by atoms with Gasteiger partial charge in [-0.3, -0.25) is 4.79 Å². The Morgan fingerprint density at radius 2 is 2.13 bits per heavy atom. The summed E-state index contributed by atoms with van der Waals surface area (Å²) in [4.78, 5) is 27.6. The number of rotatable bonds is 6. The average Bonchev–Trinajstić information content (AvgIpc) is 3.21. The van der Waals surface area contributed by atoms with Gasteiger partial charge in [-0.15, -0.1) is 0 Å². The Morgan fingerprint density at radius 1 is 1.30 bits per heavy atom. The fourth-order valence-electron chi connectivity index (χ4n) is 4.07. The molecule has 0 radical (unpaired) electrons. The number of thiazole rings is 1. The number of hydrogen-bond donors (Lipinski definition) is 1. The predicted octanol–water partition coefficient (Wildman–Crippen LogP) is 4.70. The van der Waals surface area contributed by atoms with Gasteiger partial charge in [-0.1, -0.05) is 11.3 Å². The quantitative estimate of drug-likeness (QED) is 0.623. The number of fused-ring (bicyclic) bond motifs is 1. The molecule has 0 aliphatic carbocycles. The summed E-state index contributed by atoms with van der Waals surface area (Å²) in [5.74, 6) is 0.0539. The Labute approximate surface area is 181 Å². The number of hydrogen-bond acceptors (Lipinski definition) is 6. The molecule has 4 rings (SSSR count). The number of aryl methyl sites for hydroxylation is 1. The lowest BCUT2D eigenvalue weighted by molar-refractivity contribution is -0.120. The number of pyridine rings is 1. The van der Waals surface area contributed by atoms with Gasteiger partial charge in [-0.05, 0) is 69.5 Å². The first-order valence-electron chi connectivity index (χ1n) is 10.7. The van der Waals surface area contributed by atoms with Crippen molar-refractivity contribution >= 4 is 44.1 Å². The molecule has 0 saturated carbocycles. The maximum Gasteiger partial charge on any atom is 0.229 e. The first kappa shape index (κ1) is 20.6. The van der Waals surface area contributed by atoms with Crippen LogP contribution < -0.4 is 15.1 Å². The van der Waals surface area contributed by atoms with Gasteiger partial charge in [0.25, 0.3) is 0 Å². The van der Waals surface area contributed by atoms with Crippen LogP contribution in [0.1, 0.15) is 32.3 Å². The lowest BCUT2D eigenvalue weighted by Crippen LogP contribution is -2.40. The van der Waals surface area contributed by atoms with E-state index in [1.165, 1.54) is 5.69 Å². The summed E-state index contributed by atoms with van der Waals surface area (Å²) < 4.78 is 0. The summed E-state index contributed by atoms with van der Waals surface area (Å²) in [5.41, 5.74) is 4.12. The third kappa shape index (κ3) is 4.26. The molecule has 0 unspecified atom stereocenters. The number of carbonyl (C=O) groups is 1. The number of piperidine rings is 1. The highest BCUT2D eigenvalue weighted by molar-refractivity contribution is 7.21. The molecule has 158 valence electrons. The Kier molecular flexibility index (Phi) is 6.18. The van der Waals surface area contributed by atoms with E-state index in [4.69, 9.17) is 4.98 Å². The van der Waals surface area contributed by atoms with E-state index < -0.39 is 0 Å². The van der Waals surface area contributed by atoms with Gasteiger partial charge >= 0.3 is 0 Å². The predicted molar refractivity (Wildman–Crippen MR) is 126 cm³/mol. The Balaban J connectivity index is 1.44. The molecule has 1 atom stereocenters. The van der Waals surface area contributed by atoms with E-state index in [1.807, 2.05) is 18.2 Å². The van der Waals surface area contributed by atoms with Gasteiger partial charge in [0.2, 0.25) is 5.91 Å². The monoisotopic (exact) mass is 423 g/mol. The molecule has 1 aromatic carbocycles. The van der Waals surface area contributed by atoms with Gasteiger partial charge in [0.15, 0.2) is 5.13 Å². The molecule has 0 bridgehead atoms. The second kappa shape index (κ2) is 9.00. The first-order valence-corrected chi connectivity index (χ1v) is 11.5. The van der Waals surface area contributed by atoms with Gasteiger partial charge in [0, 0.05) is 43.8 Å². The van der Waals surface area contributed by atoms with E-state index in [9.17, 15) is 4.79 Å². The van der Waals surface area contributed by atoms with Crippen molar-refractivity contribution in [2.45, 2.75) is 33.6 Å². The van der Waals surface area contributed by atoms with E-state index in [-0.39, 0.29) is 11.8 Å². The smallest absolute Gasteiger partial charge is 0.229 e. The van der Waals surface area contributed by atoms with Crippen LogP contribution in [0.2, 0.25) is 0 Å². The number of carbonyl (C=O) groups excluding carboxylic acids is 1. The van der Waals surface area contributed by atoms with Crippen LogP contribution in [0.4, 0.5) is 16.5 Å². The maximum absolute atomic E-state index is 13.0. The van der Waals surface area contributed by atoms with Crippen LogP contribution in [0.25, 0.3) is 10.3 Å². The van der Waals surface area contributed by atoms with E-state index >= 15 is 0 Å². The minimum atomic E-state index is -0.0411. The van der Waals surface area contributed by atoms with Crippen molar-refractivity contribution in [2.24, 2.45) is 5.92 Å². The summed E-state index contributed by atoms with van der Waals surface area (Å²) in [6.07, 6.45) is 3.69. The normalized spacial score (nSPS) is 16.6. The summed E-state index contributed by atoms with van der Waals surface area (Å²) >= 11 is 1.60. The van der Waals surface area contributed by atoms with E-state index in [0.717, 1.165) is 59.2 Å². The SMILES string of the molecule is CCN(CC)c1ccc(NC(=O)[C@H]2CCCN(c3nc4cccnc4s3)C2)c(C)c1. The molecular weight excluding hydrogens is 394 g/mol. The van der Waals surface area contributed by atoms with Crippen LogP contribution >= 0.6 is 11.3 Å². The molecule has 0 spiro atoms. The van der Waals surface area contributed by atoms with E-state index in [0.29, 0.717) is 6.54 Å². The summed E-state index contributed by atoms with van der Waals surface area (Å²) in [5, 5.41) is 4.13. The van der Waals surface area contributed by atoms with Crippen molar-refractivity contribution in [3.63, 3.8) is 0 Å². The third-order valence-electron chi connectivity index (χ3n) is 5.81. The van der Waals surface area contributed by atoms with Crippen molar-refractivity contribution in [1.29, 1.82) is 0 Å². The molecule has 3 heterocycles. The molecule has 1 saturated heterocycles. The van der Waals surface area contributed by atoms with Crippen molar-refractivity contribution in [2.75, 3.05) is 41.3 Å². The van der Waals surface area contributed by atoms with Gasteiger partial charge in [-0.25, -0.2) is 9.97 Å². The van der Waals surface area contributed by atoms with Gasteiger partial charge in [0.1, 0.15) is 10.3 Å². The molecule has 1 amide bonds. The van der Waals surface area contributed by atoms with Crippen LogP contribution in [-0.2, 0) is 4.79 Å². The molecule has 1 fully saturated rings. The lowest BCUT2D eigenvalue weighted by Gasteiger charge is -2.31. The number of nitrogens with one attached hydrogen (secondary N) is 1. The van der Waals surface area contributed by atoms with Crippen molar-refractivity contribution in [3.05, 3.63) is 42.1 Å². The van der Waals surface area contributed by atoms with Gasteiger partial charge in [0.05, 0.1) is 5.92 Å².